The number of morpholine rings is 1. The Kier molecular flexibility index (Phi) is 5.52. The number of ether oxygens (including phenoxy) is 1. The molecule has 0 spiro atoms. The van der Waals surface area contributed by atoms with Crippen molar-refractivity contribution >= 4 is 22.6 Å². The van der Waals surface area contributed by atoms with Gasteiger partial charge in [0.2, 0.25) is 0 Å². The third-order valence-corrected chi connectivity index (χ3v) is 7.48. The maximum Gasteiger partial charge on any atom is 0.253 e. The summed E-state index contributed by atoms with van der Waals surface area (Å²) in [5, 5.41) is 1.08. The van der Waals surface area contributed by atoms with Gasteiger partial charge in [0.15, 0.2) is 0 Å². The van der Waals surface area contributed by atoms with E-state index in [9.17, 15) is 4.79 Å². The highest BCUT2D eigenvalue weighted by atomic mass is 16.5. The van der Waals surface area contributed by atoms with E-state index in [2.05, 4.69) is 49.8 Å². The minimum Gasteiger partial charge on any atom is -0.378 e. The third-order valence-electron chi connectivity index (χ3n) is 7.48. The van der Waals surface area contributed by atoms with E-state index >= 15 is 0 Å². The highest BCUT2D eigenvalue weighted by Crippen LogP contribution is 2.27. The summed E-state index contributed by atoms with van der Waals surface area (Å²) in [5.74, 6) is 1.14. The minimum atomic E-state index is 0.148. The van der Waals surface area contributed by atoms with Crippen LogP contribution in [0.1, 0.15) is 29.6 Å². The molecule has 1 aromatic carbocycles. The van der Waals surface area contributed by atoms with Gasteiger partial charge in [0, 0.05) is 62.5 Å². The van der Waals surface area contributed by atoms with E-state index in [0.717, 1.165) is 86.5 Å². The third kappa shape index (κ3) is 4.00. The van der Waals surface area contributed by atoms with Gasteiger partial charge in [-0.15, -0.1) is 0 Å². The molecule has 3 fully saturated rings. The molecule has 0 unspecified atom stereocenters. The smallest absolute Gasteiger partial charge is 0.253 e. The van der Waals surface area contributed by atoms with Crippen LogP contribution in [-0.4, -0.2) is 83.8 Å². The zero-order valence-corrected chi connectivity index (χ0v) is 19.0. The topological polar surface area (TPSA) is 53.8 Å². The first-order valence-electron chi connectivity index (χ1n) is 12.2. The summed E-state index contributed by atoms with van der Waals surface area (Å²) in [6.07, 6.45) is 7.99. The molecule has 6 rings (SSSR count). The van der Waals surface area contributed by atoms with Crippen LogP contribution in [0.4, 0.5) is 5.82 Å². The van der Waals surface area contributed by atoms with Crippen LogP contribution in [0.5, 0.6) is 0 Å². The Hall–Kier alpha value is -2.90. The number of hydrogen-bond acceptors (Lipinski definition) is 5. The predicted molar refractivity (Wildman–Crippen MR) is 129 cm³/mol. The van der Waals surface area contributed by atoms with Crippen LogP contribution < -0.4 is 4.90 Å². The Morgan fingerprint density at radius 3 is 2.45 bits per heavy atom. The number of nitrogens with zero attached hydrogens (tertiary/aromatic N) is 5. The number of pyridine rings is 1. The summed E-state index contributed by atoms with van der Waals surface area (Å²) in [7, 11) is 0. The van der Waals surface area contributed by atoms with E-state index < -0.39 is 0 Å². The molecule has 1 amide bonds. The predicted octanol–water partition coefficient (Wildman–Crippen LogP) is 3.17. The summed E-state index contributed by atoms with van der Waals surface area (Å²) in [6, 6.07) is 13.1. The number of amides is 1. The van der Waals surface area contributed by atoms with E-state index in [-0.39, 0.29) is 5.91 Å². The highest BCUT2D eigenvalue weighted by molar-refractivity contribution is 5.98. The summed E-state index contributed by atoms with van der Waals surface area (Å²) >= 11 is 0. The quantitative estimate of drug-likeness (QED) is 0.618. The number of carbonyl (C=O) groups excluding carboxylic acids is 1. The molecule has 0 N–H and O–H groups in total. The average Bonchev–Trinajstić information content (AvgIpc) is 3.27. The molecule has 0 atom stereocenters. The molecule has 1 saturated carbocycles. The van der Waals surface area contributed by atoms with Gasteiger partial charge in [-0.25, -0.2) is 4.98 Å². The molecule has 172 valence electrons. The molecule has 0 radical (unpaired) electrons. The van der Waals surface area contributed by atoms with Crippen molar-refractivity contribution in [2.24, 2.45) is 0 Å². The van der Waals surface area contributed by atoms with Crippen molar-refractivity contribution < 1.29 is 9.53 Å². The number of hydrogen-bond donors (Lipinski definition) is 0. The first-order chi connectivity index (χ1) is 16.3. The van der Waals surface area contributed by atoms with Crippen LogP contribution in [-0.2, 0) is 4.74 Å². The Bertz CT molecular complexity index is 1120. The Morgan fingerprint density at radius 1 is 0.939 bits per heavy atom. The first kappa shape index (κ1) is 20.7. The Labute approximate surface area is 194 Å². The number of rotatable bonds is 4. The van der Waals surface area contributed by atoms with E-state index in [0.29, 0.717) is 0 Å². The summed E-state index contributed by atoms with van der Waals surface area (Å²) in [6.45, 7) is 6.93. The molecule has 2 aromatic heterocycles. The number of aromatic nitrogens is 2. The van der Waals surface area contributed by atoms with Gasteiger partial charge >= 0.3 is 0 Å². The summed E-state index contributed by atoms with van der Waals surface area (Å²) < 4.78 is 7.57. The van der Waals surface area contributed by atoms with Crippen LogP contribution in [0.3, 0.4) is 0 Å². The number of piperazine rings is 1. The molecule has 4 heterocycles. The van der Waals surface area contributed by atoms with Crippen LogP contribution in [0.25, 0.3) is 16.6 Å². The number of fused-ring (bicyclic) bond motifs is 1. The number of anilines is 1. The van der Waals surface area contributed by atoms with E-state index in [1.165, 1.54) is 19.3 Å². The van der Waals surface area contributed by atoms with Crippen molar-refractivity contribution in [2.75, 3.05) is 57.4 Å². The summed E-state index contributed by atoms with van der Waals surface area (Å²) in [4.78, 5) is 24.7. The maximum atomic E-state index is 13.1. The van der Waals surface area contributed by atoms with Gasteiger partial charge in [-0.3, -0.25) is 9.69 Å². The molecule has 7 heteroatoms. The van der Waals surface area contributed by atoms with E-state index in [4.69, 9.17) is 4.74 Å². The lowest BCUT2D eigenvalue weighted by Crippen LogP contribution is -2.53. The lowest BCUT2D eigenvalue weighted by Gasteiger charge is -2.42. The second-order valence-electron chi connectivity index (χ2n) is 9.35. The van der Waals surface area contributed by atoms with Crippen molar-refractivity contribution in [3.05, 3.63) is 54.4 Å². The molecule has 2 aliphatic heterocycles. The van der Waals surface area contributed by atoms with Gasteiger partial charge in [0.25, 0.3) is 5.91 Å². The van der Waals surface area contributed by atoms with Gasteiger partial charge in [-0.2, -0.15) is 0 Å². The fourth-order valence-corrected chi connectivity index (χ4v) is 5.23. The van der Waals surface area contributed by atoms with Gasteiger partial charge < -0.3 is 19.1 Å². The van der Waals surface area contributed by atoms with E-state index in [1.807, 2.05) is 23.2 Å². The lowest BCUT2D eigenvalue weighted by atomic mass is 9.91. The number of carbonyl (C=O) groups is 1. The molecule has 0 bridgehead atoms. The highest BCUT2D eigenvalue weighted by Gasteiger charge is 2.29. The van der Waals surface area contributed by atoms with Gasteiger partial charge in [0.1, 0.15) is 5.82 Å². The largest absolute Gasteiger partial charge is 0.378 e. The van der Waals surface area contributed by atoms with Crippen LogP contribution in [0, 0.1) is 0 Å². The molecular formula is C26H31N5O2. The van der Waals surface area contributed by atoms with Crippen molar-refractivity contribution in [3.63, 3.8) is 0 Å². The van der Waals surface area contributed by atoms with Crippen molar-refractivity contribution in [2.45, 2.75) is 25.3 Å². The minimum absolute atomic E-state index is 0.148. The van der Waals surface area contributed by atoms with Crippen LogP contribution >= 0.6 is 0 Å². The van der Waals surface area contributed by atoms with Crippen molar-refractivity contribution in [1.29, 1.82) is 0 Å². The zero-order chi connectivity index (χ0) is 22.2. The molecule has 3 aromatic rings. The van der Waals surface area contributed by atoms with Crippen LogP contribution in [0.15, 0.2) is 48.8 Å². The molecular weight excluding hydrogens is 414 g/mol. The zero-order valence-electron chi connectivity index (χ0n) is 19.0. The van der Waals surface area contributed by atoms with Gasteiger partial charge in [-0.05, 0) is 49.2 Å². The standard InChI is InChI=1S/C26H31N5O2/c32-26(30-12-10-28(11-13-30)22-2-1-3-22)21-4-6-24-20(18-21)8-9-31(24)23-5-7-25(27-19-23)29-14-16-33-17-15-29/h4-9,18-19,22H,1-3,10-17H2. The second-order valence-corrected chi connectivity index (χ2v) is 9.35. The second kappa shape index (κ2) is 8.80. The normalized spacial score (nSPS) is 20.2. The monoisotopic (exact) mass is 445 g/mol. The van der Waals surface area contributed by atoms with Crippen LogP contribution in [0.2, 0.25) is 0 Å². The number of benzene rings is 1. The van der Waals surface area contributed by atoms with Crippen molar-refractivity contribution in [1.82, 2.24) is 19.4 Å². The van der Waals surface area contributed by atoms with Crippen molar-refractivity contribution in [3.8, 4) is 5.69 Å². The Balaban J connectivity index is 1.16. The molecule has 2 saturated heterocycles. The maximum absolute atomic E-state index is 13.1. The molecule has 7 nitrogen and oxygen atoms in total. The Morgan fingerprint density at radius 2 is 1.76 bits per heavy atom. The van der Waals surface area contributed by atoms with E-state index in [1.54, 1.807) is 0 Å². The van der Waals surface area contributed by atoms with Gasteiger partial charge in [0.05, 0.1) is 30.6 Å². The molecule has 1 aliphatic carbocycles. The average molecular weight is 446 g/mol. The molecule has 3 aliphatic rings. The molecule has 33 heavy (non-hydrogen) atoms. The summed E-state index contributed by atoms with van der Waals surface area (Å²) in [5.41, 5.74) is 2.88. The van der Waals surface area contributed by atoms with Gasteiger partial charge in [-0.1, -0.05) is 6.42 Å². The first-order valence-corrected chi connectivity index (χ1v) is 12.2. The fourth-order valence-electron chi connectivity index (χ4n) is 5.23. The SMILES string of the molecule is O=C(c1ccc2c(ccn2-c2ccc(N3CCOCC3)nc2)c1)N1CCN(C2CCC2)CC1. The lowest BCUT2D eigenvalue weighted by molar-refractivity contribution is 0.0455. The fraction of sp³-hybridized carbons (Fsp3) is 0.462.